The molecular formula is C20H27N3OS. The highest BCUT2D eigenvalue weighted by Crippen LogP contribution is 2.27. The molecule has 0 fully saturated rings. The van der Waals surface area contributed by atoms with Gasteiger partial charge in [-0.1, -0.05) is 24.3 Å². The molecule has 1 atom stereocenters. The molecule has 0 spiro atoms. The van der Waals surface area contributed by atoms with Gasteiger partial charge in [-0.3, -0.25) is 0 Å². The quantitative estimate of drug-likeness (QED) is 0.767. The van der Waals surface area contributed by atoms with Gasteiger partial charge in [-0.2, -0.15) is 0 Å². The van der Waals surface area contributed by atoms with Crippen LogP contribution in [-0.4, -0.2) is 37.8 Å². The molecule has 0 aliphatic rings. The number of likely N-dealkylation sites (N-methyl/N-ethyl adjacent to an activating group) is 1. The van der Waals surface area contributed by atoms with Crippen molar-refractivity contribution in [1.29, 1.82) is 0 Å². The summed E-state index contributed by atoms with van der Waals surface area (Å²) in [5.74, 6) is 0.885. The van der Waals surface area contributed by atoms with E-state index in [2.05, 4.69) is 67.7 Å². The zero-order chi connectivity index (χ0) is 18.4. The van der Waals surface area contributed by atoms with Gasteiger partial charge in [0.15, 0.2) is 5.11 Å². The first kappa shape index (κ1) is 19.2. The molecule has 0 radical (unpaired) electrons. The normalized spacial score (nSPS) is 11.9. The second kappa shape index (κ2) is 8.83. The zero-order valence-electron chi connectivity index (χ0n) is 15.6. The first-order valence-electron chi connectivity index (χ1n) is 8.33. The van der Waals surface area contributed by atoms with E-state index >= 15 is 0 Å². The van der Waals surface area contributed by atoms with Crippen molar-refractivity contribution >= 4 is 23.0 Å². The van der Waals surface area contributed by atoms with E-state index in [0.717, 1.165) is 17.0 Å². The van der Waals surface area contributed by atoms with Crippen molar-refractivity contribution in [3.63, 3.8) is 0 Å². The third kappa shape index (κ3) is 5.44. The van der Waals surface area contributed by atoms with Crippen LogP contribution in [0.2, 0.25) is 0 Å². The summed E-state index contributed by atoms with van der Waals surface area (Å²) in [4.78, 5) is 2.16. The van der Waals surface area contributed by atoms with Gasteiger partial charge in [0.25, 0.3) is 0 Å². The van der Waals surface area contributed by atoms with Gasteiger partial charge in [0.1, 0.15) is 5.75 Å². The van der Waals surface area contributed by atoms with E-state index in [-0.39, 0.29) is 6.04 Å². The SMILES string of the molecule is COc1ccccc1[C@H](CNC(=S)Nc1cc(C)cc(C)c1)N(C)C. The molecule has 2 N–H and O–H groups in total. The summed E-state index contributed by atoms with van der Waals surface area (Å²) in [6.45, 7) is 4.85. The number of nitrogens with one attached hydrogen (secondary N) is 2. The summed E-state index contributed by atoms with van der Waals surface area (Å²) in [7, 11) is 5.81. The maximum atomic E-state index is 5.50. The predicted octanol–water partition coefficient (Wildman–Crippen LogP) is 3.90. The molecule has 25 heavy (non-hydrogen) atoms. The van der Waals surface area contributed by atoms with Crippen molar-refractivity contribution in [2.75, 3.05) is 33.1 Å². The molecule has 0 unspecified atom stereocenters. The van der Waals surface area contributed by atoms with E-state index in [1.54, 1.807) is 7.11 Å². The lowest BCUT2D eigenvalue weighted by Crippen LogP contribution is -2.36. The Balaban J connectivity index is 2.04. The topological polar surface area (TPSA) is 36.5 Å². The van der Waals surface area contributed by atoms with Crippen LogP contribution in [0, 0.1) is 13.8 Å². The number of benzene rings is 2. The minimum Gasteiger partial charge on any atom is -0.496 e. The third-order valence-electron chi connectivity index (χ3n) is 4.06. The molecule has 0 aromatic heterocycles. The fourth-order valence-corrected chi connectivity index (χ4v) is 3.13. The van der Waals surface area contributed by atoms with Crippen LogP contribution in [0.4, 0.5) is 5.69 Å². The number of hydrogen-bond acceptors (Lipinski definition) is 3. The average molecular weight is 358 g/mol. The van der Waals surface area contributed by atoms with Gasteiger partial charge < -0.3 is 20.3 Å². The first-order valence-corrected chi connectivity index (χ1v) is 8.74. The number of ether oxygens (including phenoxy) is 1. The standard InChI is InChI=1S/C20H27N3OS/c1-14-10-15(2)12-16(11-14)22-20(25)21-13-18(23(3)4)17-8-6-7-9-19(17)24-5/h6-12,18H,13H2,1-5H3,(H2,21,22,25)/t18-/m0/s1. The van der Waals surface area contributed by atoms with Crippen molar-refractivity contribution in [3.05, 3.63) is 59.2 Å². The molecule has 0 bridgehead atoms. The summed E-state index contributed by atoms with van der Waals surface area (Å²) in [5.41, 5.74) is 4.57. The molecule has 0 heterocycles. The Morgan fingerprint density at radius 1 is 1.12 bits per heavy atom. The van der Waals surface area contributed by atoms with Crippen LogP contribution in [0.25, 0.3) is 0 Å². The molecular weight excluding hydrogens is 330 g/mol. The molecule has 0 aliphatic carbocycles. The number of thiocarbonyl (C=S) groups is 1. The second-order valence-electron chi connectivity index (χ2n) is 6.43. The van der Waals surface area contributed by atoms with Crippen molar-refractivity contribution in [3.8, 4) is 5.75 Å². The van der Waals surface area contributed by atoms with E-state index in [1.807, 2.05) is 18.2 Å². The predicted molar refractivity (Wildman–Crippen MR) is 110 cm³/mol. The molecule has 0 saturated heterocycles. The highest BCUT2D eigenvalue weighted by Gasteiger charge is 2.18. The summed E-state index contributed by atoms with van der Waals surface area (Å²) < 4.78 is 5.50. The molecule has 2 aromatic rings. The fourth-order valence-electron chi connectivity index (χ4n) is 2.92. The molecule has 0 amide bonds. The molecule has 2 rings (SSSR count). The highest BCUT2D eigenvalue weighted by molar-refractivity contribution is 7.80. The Bertz CT molecular complexity index is 710. The Labute approximate surface area is 156 Å². The van der Waals surface area contributed by atoms with Crippen LogP contribution < -0.4 is 15.4 Å². The first-order chi connectivity index (χ1) is 11.9. The molecule has 134 valence electrons. The van der Waals surface area contributed by atoms with Crippen molar-refractivity contribution < 1.29 is 4.74 Å². The Hall–Kier alpha value is -2.11. The van der Waals surface area contributed by atoms with E-state index in [0.29, 0.717) is 11.7 Å². The lowest BCUT2D eigenvalue weighted by atomic mass is 10.0. The van der Waals surface area contributed by atoms with E-state index in [1.165, 1.54) is 11.1 Å². The number of para-hydroxylation sites is 1. The van der Waals surface area contributed by atoms with Crippen LogP contribution in [0.15, 0.2) is 42.5 Å². The average Bonchev–Trinajstić information content (AvgIpc) is 2.54. The van der Waals surface area contributed by atoms with Crippen LogP contribution in [-0.2, 0) is 0 Å². The van der Waals surface area contributed by atoms with Crippen molar-refractivity contribution in [2.45, 2.75) is 19.9 Å². The van der Waals surface area contributed by atoms with Gasteiger partial charge in [-0.25, -0.2) is 0 Å². The monoisotopic (exact) mass is 357 g/mol. The third-order valence-corrected chi connectivity index (χ3v) is 4.30. The highest BCUT2D eigenvalue weighted by atomic mass is 32.1. The van der Waals surface area contributed by atoms with E-state index < -0.39 is 0 Å². The molecule has 0 saturated carbocycles. The van der Waals surface area contributed by atoms with E-state index in [4.69, 9.17) is 17.0 Å². The Kier molecular flexibility index (Phi) is 6.79. The minimum absolute atomic E-state index is 0.148. The number of hydrogen-bond donors (Lipinski definition) is 2. The molecule has 0 aliphatic heterocycles. The largest absolute Gasteiger partial charge is 0.496 e. The molecule has 4 nitrogen and oxygen atoms in total. The summed E-state index contributed by atoms with van der Waals surface area (Å²) in [6.07, 6.45) is 0. The number of aryl methyl sites for hydroxylation is 2. The summed E-state index contributed by atoms with van der Waals surface area (Å²) in [5, 5.41) is 7.21. The maximum Gasteiger partial charge on any atom is 0.170 e. The van der Waals surface area contributed by atoms with Gasteiger partial charge >= 0.3 is 0 Å². The van der Waals surface area contributed by atoms with Gasteiger partial charge in [-0.05, 0) is 69.5 Å². The maximum absolute atomic E-state index is 5.50. The number of anilines is 1. The van der Waals surface area contributed by atoms with Gasteiger partial charge in [0, 0.05) is 17.8 Å². The number of rotatable bonds is 6. The van der Waals surface area contributed by atoms with E-state index in [9.17, 15) is 0 Å². The molecule has 2 aromatic carbocycles. The Morgan fingerprint density at radius 3 is 2.36 bits per heavy atom. The van der Waals surface area contributed by atoms with Gasteiger partial charge in [0.05, 0.1) is 13.2 Å². The fraction of sp³-hybridized carbons (Fsp3) is 0.350. The lowest BCUT2D eigenvalue weighted by Gasteiger charge is -2.27. The minimum atomic E-state index is 0.148. The number of methoxy groups -OCH3 is 1. The van der Waals surface area contributed by atoms with Crippen LogP contribution in [0.3, 0.4) is 0 Å². The summed E-state index contributed by atoms with van der Waals surface area (Å²) in [6, 6.07) is 14.6. The number of nitrogens with zero attached hydrogens (tertiary/aromatic N) is 1. The second-order valence-corrected chi connectivity index (χ2v) is 6.84. The lowest BCUT2D eigenvalue weighted by molar-refractivity contribution is 0.288. The van der Waals surface area contributed by atoms with Crippen LogP contribution >= 0.6 is 12.2 Å². The smallest absolute Gasteiger partial charge is 0.170 e. The van der Waals surface area contributed by atoms with Crippen LogP contribution in [0.1, 0.15) is 22.7 Å². The Morgan fingerprint density at radius 2 is 1.76 bits per heavy atom. The van der Waals surface area contributed by atoms with Gasteiger partial charge in [-0.15, -0.1) is 0 Å². The van der Waals surface area contributed by atoms with Crippen molar-refractivity contribution in [1.82, 2.24) is 10.2 Å². The molecule has 5 heteroatoms. The summed E-state index contributed by atoms with van der Waals surface area (Å²) >= 11 is 5.47. The van der Waals surface area contributed by atoms with Crippen molar-refractivity contribution in [2.24, 2.45) is 0 Å². The van der Waals surface area contributed by atoms with Gasteiger partial charge in [0.2, 0.25) is 0 Å². The zero-order valence-corrected chi connectivity index (χ0v) is 16.4. The van der Waals surface area contributed by atoms with Crippen LogP contribution in [0.5, 0.6) is 5.75 Å².